The first kappa shape index (κ1) is 15.1. The monoisotopic (exact) mass is 329 g/mol. The zero-order valence-electron chi connectivity index (χ0n) is 11.9. The molecule has 116 valence electrons. The number of H-pyrrole nitrogens is 1. The Bertz CT molecular complexity index is 856. The van der Waals surface area contributed by atoms with Crippen LogP contribution in [0.1, 0.15) is 26.6 Å². The van der Waals surface area contributed by atoms with E-state index >= 15 is 0 Å². The molecule has 1 aromatic carbocycles. The lowest BCUT2D eigenvalue weighted by molar-refractivity contribution is 0.104. The van der Waals surface area contributed by atoms with Crippen LogP contribution in [0.2, 0.25) is 0 Å². The van der Waals surface area contributed by atoms with Gasteiger partial charge >= 0.3 is 0 Å². The maximum Gasteiger partial charge on any atom is 0.215 e. The molecule has 0 saturated carbocycles. The minimum atomic E-state index is -0.358. The molecule has 0 aliphatic heterocycles. The summed E-state index contributed by atoms with van der Waals surface area (Å²) in [6.07, 6.45) is 2.79. The van der Waals surface area contributed by atoms with Gasteiger partial charge in [0.1, 0.15) is 12.1 Å². The number of hydrogen-bond donors (Lipinski definition) is 2. The molecule has 0 unspecified atom stereocenters. The summed E-state index contributed by atoms with van der Waals surface area (Å²) >= 11 is 1.37. The van der Waals surface area contributed by atoms with E-state index in [1.165, 1.54) is 23.7 Å². The van der Waals surface area contributed by atoms with Gasteiger partial charge in [-0.25, -0.2) is 9.37 Å². The van der Waals surface area contributed by atoms with Gasteiger partial charge in [0.05, 0.1) is 0 Å². The first-order valence-electron chi connectivity index (χ1n) is 6.75. The summed E-state index contributed by atoms with van der Waals surface area (Å²) < 4.78 is 13.6. The van der Waals surface area contributed by atoms with E-state index < -0.39 is 0 Å². The normalized spacial score (nSPS) is 11.6. The number of allylic oxidation sites excluding steroid dienone is 1. The molecule has 0 radical (unpaired) electrons. The van der Waals surface area contributed by atoms with Crippen molar-refractivity contribution in [2.75, 3.05) is 0 Å². The number of aliphatic hydroxyl groups is 1. The van der Waals surface area contributed by atoms with E-state index in [2.05, 4.69) is 15.2 Å². The SMILES string of the molecule is O=C(C=C(O)c1nc[nH]n1)c1csc(Cc2ccccc2F)c1. The summed E-state index contributed by atoms with van der Waals surface area (Å²) in [5, 5.41) is 17.6. The van der Waals surface area contributed by atoms with Crippen molar-refractivity contribution in [2.45, 2.75) is 6.42 Å². The van der Waals surface area contributed by atoms with Crippen molar-refractivity contribution in [1.82, 2.24) is 15.2 Å². The molecule has 0 bridgehead atoms. The molecular formula is C16H12FN3O2S. The average molecular weight is 329 g/mol. The maximum atomic E-state index is 13.6. The number of nitrogens with one attached hydrogen (secondary N) is 1. The van der Waals surface area contributed by atoms with E-state index in [9.17, 15) is 14.3 Å². The summed E-state index contributed by atoms with van der Waals surface area (Å²) in [5.74, 6) is -0.877. The number of hydrogen-bond acceptors (Lipinski definition) is 5. The molecule has 2 aromatic heterocycles. The number of aromatic nitrogens is 3. The number of halogens is 1. The zero-order valence-corrected chi connectivity index (χ0v) is 12.7. The number of carbonyl (C=O) groups is 1. The number of nitrogens with zero attached hydrogens (tertiary/aromatic N) is 2. The summed E-state index contributed by atoms with van der Waals surface area (Å²) in [4.78, 5) is 16.7. The number of rotatable bonds is 5. The van der Waals surface area contributed by atoms with Gasteiger partial charge < -0.3 is 5.11 Å². The van der Waals surface area contributed by atoms with Crippen LogP contribution >= 0.6 is 11.3 Å². The third-order valence-electron chi connectivity index (χ3n) is 3.17. The number of aliphatic hydroxyl groups excluding tert-OH is 1. The topological polar surface area (TPSA) is 78.9 Å². The van der Waals surface area contributed by atoms with Crippen LogP contribution in [0.25, 0.3) is 5.76 Å². The van der Waals surface area contributed by atoms with Gasteiger partial charge in [-0.1, -0.05) is 18.2 Å². The van der Waals surface area contributed by atoms with Crippen molar-refractivity contribution in [1.29, 1.82) is 0 Å². The van der Waals surface area contributed by atoms with E-state index in [0.29, 0.717) is 17.5 Å². The van der Waals surface area contributed by atoms with Gasteiger partial charge in [-0.3, -0.25) is 9.89 Å². The highest BCUT2D eigenvalue weighted by atomic mass is 32.1. The fraction of sp³-hybridized carbons (Fsp3) is 0.0625. The van der Waals surface area contributed by atoms with Crippen molar-refractivity contribution >= 4 is 22.9 Å². The van der Waals surface area contributed by atoms with Gasteiger partial charge in [-0.05, 0) is 17.7 Å². The van der Waals surface area contributed by atoms with Gasteiger partial charge in [0.2, 0.25) is 5.82 Å². The molecule has 7 heteroatoms. The Morgan fingerprint density at radius 2 is 2.22 bits per heavy atom. The van der Waals surface area contributed by atoms with Gasteiger partial charge in [-0.2, -0.15) is 5.10 Å². The number of ketones is 1. The minimum Gasteiger partial charge on any atom is -0.504 e. The molecule has 0 aliphatic rings. The second kappa shape index (κ2) is 6.53. The Hall–Kier alpha value is -2.80. The van der Waals surface area contributed by atoms with Crippen molar-refractivity contribution in [3.05, 3.63) is 75.8 Å². The number of thiophene rings is 1. The highest BCUT2D eigenvalue weighted by molar-refractivity contribution is 7.10. The average Bonchev–Trinajstić information content (AvgIpc) is 3.21. The molecule has 2 N–H and O–H groups in total. The Balaban J connectivity index is 1.75. The number of aromatic amines is 1. The van der Waals surface area contributed by atoms with E-state index in [0.717, 1.165) is 11.0 Å². The Labute approximate surface area is 135 Å². The second-order valence-corrected chi connectivity index (χ2v) is 5.78. The minimum absolute atomic E-state index is 0.0557. The predicted molar refractivity (Wildman–Crippen MR) is 84.8 cm³/mol. The fourth-order valence-electron chi connectivity index (χ4n) is 2.04. The largest absolute Gasteiger partial charge is 0.504 e. The van der Waals surface area contributed by atoms with Gasteiger partial charge in [0.25, 0.3) is 0 Å². The number of carbonyl (C=O) groups excluding carboxylic acids is 1. The molecule has 5 nitrogen and oxygen atoms in total. The van der Waals surface area contributed by atoms with Gasteiger partial charge in [-0.15, -0.1) is 11.3 Å². The molecule has 3 rings (SSSR count). The van der Waals surface area contributed by atoms with Crippen LogP contribution in [0.15, 0.2) is 48.1 Å². The highest BCUT2D eigenvalue weighted by Crippen LogP contribution is 2.21. The Morgan fingerprint density at radius 3 is 2.96 bits per heavy atom. The zero-order chi connectivity index (χ0) is 16.2. The molecule has 0 saturated heterocycles. The van der Waals surface area contributed by atoms with E-state index in [1.54, 1.807) is 29.6 Å². The molecule has 0 aliphatic carbocycles. The molecule has 23 heavy (non-hydrogen) atoms. The third-order valence-corrected chi connectivity index (χ3v) is 4.11. The van der Waals surface area contributed by atoms with E-state index in [-0.39, 0.29) is 23.2 Å². The highest BCUT2D eigenvalue weighted by Gasteiger charge is 2.12. The van der Waals surface area contributed by atoms with Crippen molar-refractivity contribution in [3.63, 3.8) is 0 Å². The van der Waals surface area contributed by atoms with E-state index in [1.807, 2.05) is 0 Å². The molecule has 0 spiro atoms. The van der Waals surface area contributed by atoms with Crippen LogP contribution in [0, 0.1) is 5.82 Å². The molecule has 0 amide bonds. The Kier molecular flexibility index (Phi) is 4.29. The molecule has 2 heterocycles. The lowest BCUT2D eigenvalue weighted by Gasteiger charge is -1.99. The van der Waals surface area contributed by atoms with Crippen molar-refractivity contribution < 1.29 is 14.3 Å². The van der Waals surface area contributed by atoms with Crippen molar-refractivity contribution in [2.24, 2.45) is 0 Å². The fourth-order valence-corrected chi connectivity index (χ4v) is 2.93. The van der Waals surface area contributed by atoms with Gasteiger partial charge in [0, 0.05) is 28.3 Å². The molecular weight excluding hydrogens is 317 g/mol. The quantitative estimate of drug-likeness (QED) is 0.427. The first-order chi connectivity index (χ1) is 11.1. The summed E-state index contributed by atoms with van der Waals surface area (Å²) in [6, 6.07) is 8.23. The summed E-state index contributed by atoms with van der Waals surface area (Å²) in [5.41, 5.74) is 1.01. The maximum absolute atomic E-state index is 13.6. The van der Waals surface area contributed by atoms with Crippen LogP contribution < -0.4 is 0 Å². The molecule has 0 atom stereocenters. The van der Waals surface area contributed by atoms with E-state index in [4.69, 9.17) is 0 Å². The third kappa shape index (κ3) is 3.51. The van der Waals surface area contributed by atoms with Gasteiger partial charge in [0.15, 0.2) is 11.5 Å². The number of benzene rings is 1. The van der Waals surface area contributed by atoms with Crippen LogP contribution in [-0.4, -0.2) is 26.1 Å². The second-order valence-electron chi connectivity index (χ2n) is 4.79. The summed E-state index contributed by atoms with van der Waals surface area (Å²) in [6.45, 7) is 0. The summed E-state index contributed by atoms with van der Waals surface area (Å²) in [7, 11) is 0. The molecule has 0 fully saturated rings. The lowest BCUT2D eigenvalue weighted by Crippen LogP contribution is -1.96. The predicted octanol–water partition coefficient (Wildman–Crippen LogP) is 3.38. The van der Waals surface area contributed by atoms with Crippen LogP contribution in [0.4, 0.5) is 4.39 Å². The van der Waals surface area contributed by atoms with Crippen LogP contribution in [-0.2, 0) is 6.42 Å². The van der Waals surface area contributed by atoms with Crippen molar-refractivity contribution in [3.8, 4) is 0 Å². The molecule has 3 aromatic rings. The van der Waals surface area contributed by atoms with Crippen LogP contribution in [0.5, 0.6) is 0 Å². The smallest absolute Gasteiger partial charge is 0.215 e. The first-order valence-corrected chi connectivity index (χ1v) is 7.63. The lowest BCUT2D eigenvalue weighted by atomic mass is 10.1. The van der Waals surface area contributed by atoms with Crippen LogP contribution in [0.3, 0.4) is 0 Å². The standard InChI is InChI=1S/C16H12FN3O2S/c17-13-4-2-1-3-10(13)5-12-6-11(8-23-12)14(21)7-15(22)16-18-9-19-20-16/h1-4,6-9,22H,5H2,(H,18,19,20). The Morgan fingerprint density at radius 1 is 1.39 bits per heavy atom.